The number of carbonyl (C=O) groups excluding carboxylic acids is 1. The van der Waals surface area contributed by atoms with Gasteiger partial charge in [0.15, 0.2) is 5.82 Å². The Kier molecular flexibility index (Phi) is 5.23. The lowest BCUT2D eigenvalue weighted by Gasteiger charge is -2.32. The fourth-order valence-electron chi connectivity index (χ4n) is 3.22. The van der Waals surface area contributed by atoms with Crippen molar-refractivity contribution in [2.75, 3.05) is 25.1 Å². The molecule has 3 rings (SSSR count). The number of nitrogens with zero attached hydrogens (tertiary/aromatic N) is 6. The topological polar surface area (TPSA) is 68.8 Å². The Hall–Kier alpha value is -1.83. The molecule has 2 aromatic rings. The molecule has 1 saturated heterocycles. The van der Waals surface area contributed by atoms with Crippen molar-refractivity contribution in [3.8, 4) is 0 Å². The Bertz CT molecular complexity index is 709. The van der Waals surface area contributed by atoms with Crippen LogP contribution in [0, 0.1) is 6.92 Å². The average Bonchev–Trinajstić information content (AvgIpc) is 3.15. The summed E-state index contributed by atoms with van der Waals surface area (Å²) in [5.74, 6) is 3.90. The van der Waals surface area contributed by atoms with Gasteiger partial charge in [0.25, 0.3) is 0 Å². The summed E-state index contributed by atoms with van der Waals surface area (Å²) in [6.45, 7) is 4.25. The number of aryl methyl sites for hydroxylation is 1. The van der Waals surface area contributed by atoms with Crippen LogP contribution in [0.4, 0.5) is 0 Å². The number of hydrogen-bond acceptors (Lipinski definition) is 5. The molecule has 0 spiro atoms. The molecule has 24 heavy (non-hydrogen) atoms. The third kappa shape index (κ3) is 3.48. The number of aromatic nitrogens is 5. The lowest BCUT2D eigenvalue weighted by molar-refractivity contribution is -0.129. The Morgan fingerprint density at radius 3 is 2.96 bits per heavy atom. The van der Waals surface area contributed by atoms with Gasteiger partial charge in [0.05, 0.1) is 12.3 Å². The molecule has 1 amide bonds. The quantitative estimate of drug-likeness (QED) is 0.818. The minimum absolute atomic E-state index is 0.226. The zero-order valence-electron chi connectivity index (χ0n) is 14.5. The molecule has 7 nitrogen and oxygen atoms in total. The van der Waals surface area contributed by atoms with E-state index in [1.165, 1.54) is 0 Å². The molecular weight excluding hydrogens is 324 g/mol. The zero-order valence-corrected chi connectivity index (χ0v) is 15.3. The molecule has 8 heteroatoms. The molecule has 0 saturated carbocycles. The predicted molar refractivity (Wildman–Crippen MR) is 94.0 cm³/mol. The van der Waals surface area contributed by atoms with Gasteiger partial charge < -0.3 is 14.0 Å². The highest BCUT2D eigenvalue weighted by molar-refractivity contribution is 7.99. The minimum Gasteiger partial charge on any atom is -0.341 e. The Labute approximate surface area is 146 Å². The van der Waals surface area contributed by atoms with Crippen LogP contribution in [-0.2, 0) is 18.4 Å². The third-order valence-corrected chi connectivity index (χ3v) is 5.18. The van der Waals surface area contributed by atoms with Gasteiger partial charge in [-0.2, -0.15) is 11.8 Å². The average molecular weight is 348 g/mol. The Morgan fingerprint density at radius 2 is 2.25 bits per heavy atom. The van der Waals surface area contributed by atoms with Gasteiger partial charge in [0.2, 0.25) is 5.91 Å². The SMILES string of the molecule is CSCC(=O)N1CCCC(c2nnc(Cn3ccnc3C)n2C)C1. The van der Waals surface area contributed by atoms with Crippen molar-refractivity contribution in [2.24, 2.45) is 7.05 Å². The third-order valence-electron chi connectivity index (χ3n) is 4.64. The second-order valence-electron chi connectivity index (χ2n) is 6.25. The predicted octanol–water partition coefficient (Wildman–Crippen LogP) is 1.44. The second-order valence-corrected chi connectivity index (χ2v) is 7.11. The molecule has 0 N–H and O–H groups in total. The number of imidazole rings is 1. The van der Waals surface area contributed by atoms with Crippen LogP contribution < -0.4 is 0 Å². The number of rotatable bonds is 5. The van der Waals surface area contributed by atoms with Gasteiger partial charge in [-0.1, -0.05) is 0 Å². The normalized spacial score (nSPS) is 18.1. The summed E-state index contributed by atoms with van der Waals surface area (Å²) in [6.07, 6.45) is 7.79. The first kappa shape index (κ1) is 17.0. The van der Waals surface area contributed by atoms with Crippen molar-refractivity contribution in [3.05, 3.63) is 29.9 Å². The van der Waals surface area contributed by atoms with Crippen LogP contribution in [0.1, 0.15) is 36.2 Å². The van der Waals surface area contributed by atoms with Gasteiger partial charge in [0, 0.05) is 38.4 Å². The molecule has 0 bridgehead atoms. The lowest BCUT2D eigenvalue weighted by atomic mass is 9.97. The highest BCUT2D eigenvalue weighted by atomic mass is 32.2. The molecule has 3 heterocycles. The molecule has 1 atom stereocenters. The van der Waals surface area contributed by atoms with Gasteiger partial charge in [-0.15, -0.1) is 10.2 Å². The summed E-state index contributed by atoms with van der Waals surface area (Å²) in [5, 5.41) is 8.80. The fraction of sp³-hybridized carbons (Fsp3) is 0.625. The number of hydrogen-bond donors (Lipinski definition) is 0. The molecule has 1 aliphatic rings. The maximum absolute atomic E-state index is 12.2. The van der Waals surface area contributed by atoms with Gasteiger partial charge in [0.1, 0.15) is 11.6 Å². The summed E-state index contributed by atoms with van der Waals surface area (Å²) in [5.41, 5.74) is 0. The van der Waals surface area contributed by atoms with Crippen molar-refractivity contribution < 1.29 is 4.79 Å². The fourth-order valence-corrected chi connectivity index (χ4v) is 3.65. The molecule has 2 aromatic heterocycles. The van der Waals surface area contributed by atoms with E-state index in [2.05, 4.69) is 24.3 Å². The van der Waals surface area contributed by atoms with Crippen LogP contribution in [0.2, 0.25) is 0 Å². The minimum atomic E-state index is 0.226. The van der Waals surface area contributed by atoms with Crippen LogP contribution >= 0.6 is 11.8 Å². The molecular formula is C16H24N6OS. The lowest BCUT2D eigenvalue weighted by Crippen LogP contribution is -2.40. The van der Waals surface area contributed by atoms with E-state index in [0.29, 0.717) is 12.3 Å². The van der Waals surface area contributed by atoms with Gasteiger partial charge in [-0.25, -0.2) is 4.98 Å². The van der Waals surface area contributed by atoms with E-state index in [1.807, 2.05) is 31.3 Å². The van der Waals surface area contributed by atoms with Crippen molar-refractivity contribution in [1.29, 1.82) is 0 Å². The molecule has 0 radical (unpaired) electrons. The first-order valence-electron chi connectivity index (χ1n) is 8.22. The summed E-state index contributed by atoms with van der Waals surface area (Å²) < 4.78 is 4.13. The molecule has 0 aliphatic carbocycles. The largest absolute Gasteiger partial charge is 0.341 e. The monoisotopic (exact) mass is 348 g/mol. The highest BCUT2D eigenvalue weighted by Crippen LogP contribution is 2.26. The number of amides is 1. The van der Waals surface area contributed by atoms with Crippen LogP contribution in [0.3, 0.4) is 0 Å². The smallest absolute Gasteiger partial charge is 0.232 e. The standard InChI is InChI=1S/C16H24N6OS/c1-12-17-6-8-21(12)10-14-18-19-16(20(14)2)13-5-4-7-22(9-13)15(23)11-24-3/h6,8,13H,4-5,7,9-11H2,1-3H3. The summed E-state index contributed by atoms with van der Waals surface area (Å²) >= 11 is 1.58. The van der Waals surface area contributed by atoms with E-state index in [4.69, 9.17) is 0 Å². The van der Waals surface area contributed by atoms with Crippen molar-refractivity contribution in [1.82, 2.24) is 29.2 Å². The highest BCUT2D eigenvalue weighted by Gasteiger charge is 2.28. The summed E-state index contributed by atoms with van der Waals surface area (Å²) in [6, 6.07) is 0. The molecule has 1 unspecified atom stereocenters. The molecule has 1 aliphatic heterocycles. The van der Waals surface area contributed by atoms with Gasteiger partial charge in [-0.3, -0.25) is 4.79 Å². The van der Waals surface area contributed by atoms with Crippen molar-refractivity contribution in [3.63, 3.8) is 0 Å². The summed E-state index contributed by atoms with van der Waals surface area (Å²) in [4.78, 5) is 18.4. The first-order valence-corrected chi connectivity index (χ1v) is 9.62. The van der Waals surface area contributed by atoms with E-state index in [-0.39, 0.29) is 11.8 Å². The molecule has 0 aromatic carbocycles. The number of thioether (sulfide) groups is 1. The Balaban J connectivity index is 1.73. The van der Waals surface area contributed by atoms with Crippen LogP contribution in [0.15, 0.2) is 12.4 Å². The first-order chi connectivity index (χ1) is 11.6. The van der Waals surface area contributed by atoms with Gasteiger partial charge >= 0.3 is 0 Å². The van der Waals surface area contributed by atoms with Crippen LogP contribution in [-0.4, -0.2) is 60.2 Å². The van der Waals surface area contributed by atoms with E-state index in [0.717, 1.165) is 43.4 Å². The van der Waals surface area contributed by atoms with E-state index < -0.39 is 0 Å². The van der Waals surface area contributed by atoms with E-state index in [9.17, 15) is 4.79 Å². The van der Waals surface area contributed by atoms with Crippen LogP contribution in [0.25, 0.3) is 0 Å². The van der Waals surface area contributed by atoms with E-state index in [1.54, 1.807) is 18.0 Å². The van der Waals surface area contributed by atoms with Gasteiger partial charge in [-0.05, 0) is 26.0 Å². The molecule has 1 fully saturated rings. The number of piperidine rings is 1. The zero-order chi connectivity index (χ0) is 17.1. The molecule has 130 valence electrons. The second kappa shape index (κ2) is 7.38. The van der Waals surface area contributed by atoms with Crippen LogP contribution in [0.5, 0.6) is 0 Å². The Morgan fingerprint density at radius 1 is 1.42 bits per heavy atom. The van der Waals surface area contributed by atoms with E-state index >= 15 is 0 Å². The van der Waals surface area contributed by atoms with Crippen molar-refractivity contribution >= 4 is 17.7 Å². The maximum atomic E-state index is 12.2. The summed E-state index contributed by atoms with van der Waals surface area (Å²) in [7, 11) is 2.01. The maximum Gasteiger partial charge on any atom is 0.232 e. The number of likely N-dealkylation sites (tertiary alicyclic amines) is 1. The van der Waals surface area contributed by atoms with Crippen molar-refractivity contribution in [2.45, 2.75) is 32.2 Å². The number of carbonyl (C=O) groups is 1.